The number of aromatic nitrogens is 2. The summed E-state index contributed by atoms with van der Waals surface area (Å²) in [4.78, 5) is 15.7. The number of ether oxygens (including phenoxy) is 1. The summed E-state index contributed by atoms with van der Waals surface area (Å²) < 4.78 is 7.13. The molecule has 0 spiro atoms. The lowest BCUT2D eigenvalue weighted by atomic mass is 10.1. The van der Waals surface area contributed by atoms with Crippen molar-refractivity contribution in [3.8, 4) is 0 Å². The van der Waals surface area contributed by atoms with Crippen LogP contribution in [0.2, 0.25) is 0 Å². The molecule has 22 heavy (non-hydrogen) atoms. The van der Waals surface area contributed by atoms with E-state index < -0.39 is 24.5 Å². The highest BCUT2D eigenvalue weighted by molar-refractivity contribution is 8.16. The van der Waals surface area contributed by atoms with Crippen LogP contribution in [0.25, 0.3) is 0 Å². The average Bonchev–Trinajstić information content (AvgIpc) is 2.83. The zero-order valence-corrected chi connectivity index (χ0v) is 13.4. The van der Waals surface area contributed by atoms with Crippen molar-refractivity contribution in [3.63, 3.8) is 0 Å². The zero-order chi connectivity index (χ0) is 15.7. The normalized spacial score (nSPS) is 33.2. The molecule has 1 aromatic rings. The molecular weight excluding hydrogens is 328 g/mol. The first-order valence-electron chi connectivity index (χ1n) is 7.06. The number of hydrogen-bond acceptors (Lipinski definition) is 8. The first kappa shape index (κ1) is 16.3. The van der Waals surface area contributed by atoms with Gasteiger partial charge in [-0.05, 0) is 17.9 Å². The van der Waals surface area contributed by atoms with E-state index in [1.165, 1.54) is 12.3 Å². The van der Waals surface area contributed by atoms with Gasteiger partial charge >= 0.3 is 0 Å². The van der Waals surface area contributed by atoms with E-state index in [4.69, 9.17) is 4.74 Å². The predicted octanol–water partition coefficient (Wildman–Crippen LogP) is -0.277. The maximum atomic E-state index is 11.6. The minimum atomic E-state index is -1.18. The van der Waals surface area contributed by atoms with Gasteiger partial charge in [-0.1, -0.05) is 0 Å². The Labute approximate surface area is 135 Å². The Bertz CT molecular complexity index is 578. The van der Waals surface area contributed by atoms with Crippen LogP contribution in [0, 0.1) is 0 Å². The highest BCUT2D eigenvalue weighted by atomic mass is 32.2. The van der Waals surface area contributed by atoms with Crippen molar-refractivity contribution in [2.45, 2.75) is 35.5 Å². The fourth-order valence-electron chi connectivity index (χ4n) is 2.56. The van der Waals surface area contributed by atoms with E-state index in [9.17, 15) is 20.1 Å². The molecule has 1 aromatic heterocycles. The van der Waals surface area contributed by atoms with E-state index in [0.717, 1.165) is 17.9 Å². The molecule has 2 aliphatic rings. The van der Waals surface area contributed by atoms with Gasteiger partial charge in [0.2, 0.25) is 0 Å². The van der Waals surface area contributed by atoms with Crippen LogP contribution in [0.15, 0.2) is 17.1 Å². The van der Waals surface area contributed by atoms with Gasteiger partial charge in [0, 0.05) is 12.3 Å². The van der Waals surface area contributed by atoms with Crippen LogP contribution in [0.3, 0.4) is 0 Å². The molecule has 2 saturated heterocycles. The number of thioether (sulfide) groups is 2. The first-order chi connectivity index (χ1) is 10.6. The molecule has 0 aliphatic carbocycles. The van der Waals surface area contributed by atoms with Gasteiger partial charge in [-0.3, -0.25) is 4.79 Å². The zero-order valence-electron chi connectivity index (χ0n) is 11.7. The molecule has 4 atom stereocenters. The van der Waals surface area contributed by atoms with Gasteiger partial charge in [0.05, 0.1) is 6.61 Å². The number of hydrogen-bond donors (Lipinski definition) is 3. The second kappa shape index (κ2) is 6.90. The van der Waals surface area contributed by atoms with Crippen molar-refractivity contribution in [2.75, 3.05) is 18.1 Å². The first-order valence-corrected chi connectivity index (χ1v) is 9.16. The average molecular weight is 346 g/mol. The molecule has 2 aliphatic heterocycles. The van der Waals surface area contributed by atoms with Crippen molar-refractivity contribution >= 4 is 23.5 Å². The Balaban J connectivity index is 1.94. The van der Waals surface area contributed by atoms with E-state index in [-0.39, 0.29) is 16.7 Å². The van der Waals surface area contributed by atoms with Crippen molar-refractivity contribution in [3.05, 3.63) is 28.4 Å². The highest BCUT2D eigenvalue weighted by Crippen LogP contribution is 2.44. The van der Waals surface area contributed by atoms with Crippen LogP contribution in [0.5, 0.6) is 0 Å². The van der Waals surface area contributed by atoms with Gasteiger partial charge in [0.1, 0.15) is 28.7 Å². The molecule has 0 radical (unpaired) electrons. The lowest BCUT2D eigenvalue weighted by molar-refractivity contribution is -0.0545. The molecule has 122 valence electrons. The molecule has 7 nitrogen and oxygen atoms in total. The second-order valence-electron chi connectivity index (χ2n) is 5.19. The van der Waals surface area contributed by atoms with E-state index in [0.29, 0.717) is 5.82 Å². The fourth-order valence-corrected chi connectivity index (χ4v) is 5.41. The van der Waals surface area contributed by atoms with Crippen LogP contribution in [0.4, 0.5) is 0 Å². The molecule has 9 heteroatoms. The third-order valence-corrected chi connectivity index (χ3v) is 6.59. The summed E-state index contributed by atoms with van der Waals surface area (Å²) in [6.45, 7) is -0.384. The molecular formula is C13H18N2O5S2. The quantitative estimate of drug-likeness (QED) is 0.687. The standard InChI is InChI=1S/C13H18N2O5S2/c16-6-7-9(18)10(19)12(20-7)15-3-2-8(17)14-11(15)13-21-4-1-5-22-13/h2-3,7,9-10,12-13,16,18-19H,1,4-6H2/t7-,9-,10+,12-/m1/s1. The Morgan fingerprint density at radius 2 is 2.05 bits per heavy atom. The van der Waals surface area contributed by atoms with Crippen molar-refractivity contribution in [1.29, 1.82) is 0 Å². The van der Waals surface area contributed by atoms with E-state index in [1.807, 2.05) is 0 Å². The van der Waals surface area contributed by atoms with Gasteiger partial charge in [0.25, 0.3) is 5.56 Å². The molecule has 0 aromatic carbocycles. The second-order valence-corrected chi connectivity index (χ2v) is 7.91. The number of rotatable bonds is 3. The van der Waals surface area contributed by atoms with Gasteiger partial charge in [-0.2, -0.15) is 4.98 Å². The molecule has 0 bridgehead atoms. The lowest BCUT2D eigenvalue weighted by Crippen LogP contribution is -2.34. The third-order valence-electron chi connectivity index (χ3n) is 3.70. The van der Waals surface area contributed by atoms with Gasteiger partial charge in [0.15, 0.2) is 6.23 Å². The smallest absolute Gasteiger partial charge is 0.272 e. The van der Waals surface area contributed by atoms with Crippen molar-refractivity contribution in [1.82, 2.24) is 9.55 Å². The van der Waals surface area contributed by atoms with Crippen molar-refractivity contribution in [2.24, 2.45) is 0 Å². The summed E-state index contributed by atoms with van der Waals surface area (Å²) in [5, 5.41) is 29.3. The third kappa shape index (κ3) is 3.06. The SMILES string of the molecule is O=c1ccn([C@@H]2O[C@H](CO)[C@@H](O)[C@@H]2O)c(C2SCCCS2)n1. The van der Waals surface area contributed by atoms with E-state index in [1.54, 1.807) is 28.1 Å². The summed E-state index contributed by atoms with van der Waals surface area (Å²) in [5.74, 6) is 2.49. The predicted molar refractivity (Wildman–Crippen MR) is 83.8 cm³/mol. The Morgan fingerprint density at radius 1 is 1.32 bits per heavy atom. The number of aliphatic hydroxyl groups is 3. The molecule has 2 fully saturated rings. The van der Waals surface area contributed by atoms with Crippen molar-refractivity contribution < 1.29 is 20.1 Å². The summed E-state index contributed by atoms with van der Waals surface area (Å²) in [6.07, 6.45) is -1.43. The Morgan fingerprint density at radius 3 is 2.68 bits per heavy atom. The lowest BCUT2D eigenvalue weighted by Gasteiger charge is -2.27. The van der Waals surface area contributed by atoms with Crippen LogP contribution in [-0.4, -0.2) is 61.3 Å². The summed E-state index contributed by atoms with van der Waals surface area (Å²) in [6, 6.07) is 1.30. The van der Waals surface area contributed by atoms with Crippen LogP contribution < -0.4 is 5.56 Å². The van der Waals surface area contributed by atoms with E-state index in [2.05, 4.69) is 4.98 Å². The maximum absolute atomic E-state index is 11.6. The van der Waals surface area contributed by atoms with E-state index >= 15 is 0 Å². The fraction of sp³-hybridized carbons (Fsp3) is 0.692. The minimum absolute atomic E-state index is 0.0104. The topological polar surface area (TPSA) is 105 Å². The molecule has 3 rings (SSSR count). The molecule has 0 amide bonds. The molecule has 0 unspecified atom stereocenters. The minimum Gasteiger partial charge on any atom is -0.394 e. The van der Waals surface area contributed by atoms with Crippen LogP contribution in [0.1, 0.15) is 23.1 Å². The number of nitrogens with zero attached hydrogens (tertiary/aromatic N) is 2. The molecule has 0 saturated carbocycles. The Kier molecular flexibility index (Phi) is 5.10. The monoisotopic (exact) mass is 346 g/mol. The van der Waals surface area contributed by atoms with Gasteiger partial charge in [-0.25, -0.2) is 0 Å². The largest absolute Gasteiger partial charge is 0.394 e. The van der Waals surface area contributed by atoms with Crippen LogP contribution in [-0.2, 0) is 4.74 Å². The summed E-state index contributed by atoms with van der Waals surface area (Å²) in [7, 11) is 0. The van der Waals surface area contributed by atoms with Crippen LogP contribution >= 0.6 is 23.5 Å². The highest BCUT2D eigenvalue weighted by Gasteiger charge is 2.44. The van der Waals surface area contributed by atoms with Gasteiger partial charge in [-0.15, -0.1) is 23.5 Å². The van der Waals surface area contributed by atoms with Gasteiger partial charge < -0.3 is 24.6 Å². The Hall–Kier alpha value is -0.580. The summed E-state index contributed by atoms with van der Waals surface area (Å²) >= 11 is 3.40. The molecule has 3 N–H and O–H groups in total. The summed E-state index contributed by atoms with van der Waals surface area (Å²) in [5.41, 5.74) is -0.343. The maximum Gasteiger partial charge on any atom is 0.272 e. The number of aliphatic hydroxyl groups excluding tert-OH is 3. The molecule has 3 heterocycles.